The second kappa shape index (κ2) is 7.14. The van der Waals surface area contributed by atoms with Gasteiger partial charge in [-0.15, -0.1) is 0 Å². The number of amides is 1. The van der Waals surface area contributed by atoms with E-state index in [1.54, 1.807) is 0 Å². The lowest BCUT2D eigenvalue weighted by molar-refractivity contribution is -0.125. The van der Waals surface area contributed by atoms with Crippen molar-refractivity contribution in [1.29, 1.82) is 0 Å². The summed E-state index contributed by atoms with van der Waals surface area (Å²) in [5, 5.41) is 14.5. The predicted molar refractivity (Wildman–Crippen MR) is 68.9 cm³/mol. The fourth-order valence-electron chi connectivity index (χ4n) is 1.88. The minimum absolute atomic E-state index is 0.0170. The highest BCUT2D eigenvalue weighted by atomic mass is 16.4. The van der Waals surface area contributed by atoms with Gasteiger partial charge in [0.2, 0.25) is 5.91 Å². The summed E-state index contributed by atoms with van der Waals surface area (Å²) in [4.78, 5) is 12.0. The molecule has 0 bridgehead atoms. The first-order valence-electron chi connectivity index (χ1n) is 6.17. The lowest BCUT2D eigenvalue weighted by Crippen LogP contribution is -2.48. The van der Waals surface area contributed by atoms with E-state index in [0.29, 0.717) is 6.42 Å². The highest BCUT2D eigenvalue weighted by Crippen LogP contribution is 2.14. The Morgan fingerprint density at radius 1 is 1.41 bits per heavy atom. The van der Waals surface area contributed by atoms with Crippen LogP contribution in [0.5, 0.6) is 0 Å². The summed E-state index contributed by atoms with van der Waals surface area (Å²) in [6, 6.07) is 0. The first kappa shape index (κ1) is 15.7. The molecule has 0 aliphatic heterocycles. The van der Waals surface area contributed by atoms with Gasteiger partial charge in [-0.05, 0) is 26.7 Å². The molecular weight excluding hydrogens is 218 g/mol. The fourth-order valence-corrected chi connectivity index (χ4v) is 1.88. The molecule has 0 radical (unpaired) electrons. The number of nitrogens with one attached hydrogen (secondary N) is 1. The molecule has 0 saturated heterocycles. The summed E-state index contributed by atoms with van der Waals surface area (Å²) < 4.78 is 0. The minimum Gasteiger partial charge on any atom is -0.409 e. The number of nitrogens with two attached hydrogens (primary N) is 1. The molecule has 0 rings (SSSR count). The summed E-state index contributed by atoms with van der Waals surface area (Å²) in [5.74, 6) is -0.724. The van der Waals surface area contributed by atoms with Gasteiger partial charge in [-0.3, -0.25) is 4.79 Å². The van der Waals surface area contributed by atoms with Gasteiger partial charge in [0.15, 0.2) is 5.84 Å². The van der Waals surface area contributed by atoms with Crippen LogP contribution in [-0.4, -0.2) is 22.5 Å². The van der Waals surface area contributed by atoms with Crippen LogP contribution in [0.25, 0.3) is 0 Å². The quantitative estimate of drug-likeness (QED) is 0.276. The molecule has 0 aromatic rings. The van der Waals surface area contributed by atoms with Gasteiger partial charge in [0.05, 0.1) is 5.92 Å². The van der Waals surface area contributed by atoms with Crippen molar-refractivity contribution >= 4 is 11.7 Å². The Labute approximate surface area is 103 Å². The van der Waals surface area contributed by atoms with Crippen LogP contribution in [0.3, 0.4) is 0 Å². The Morgan fingerprint density at radius 3 is 2.41 bits per heavy atom. The number of amidine groups is 1. The first-order chi connectivity index (χ1) is 7.87. The van der Waals surface area contributed by atoms with Crippen molar-refractivity contribution in [2.45, 2.75) is 58.9 Å². The maximum Gasteiger partial charge on any atom is 0.231 e. The van der Waals surface area contributed by atoms with Gasteiger partial charge in [-0.1, -0.05) is 31.8 Å². The van der Waals surface area contributed by atoms with Crippen molar-refractivity contribution in [3.05, 3.63) is 0 Å². The van der Waals surface area contributed by atoms with Crippen LogP contribution in [-0.2, 0) is 4.79 Å². The van der Waals surface area contributed by atoms with E-state index >= 15 is 0 Å². The summed E-state index contributed by atoms with van der Waals surface area (Å²) >= 11 is 0. The fraction of sp³-hybridized carbons (Fsp3) is 0.833. The standard InChI is InChI=1S/C12H25N3O2/c1-5-7-9(10(13)15-17)11(16)14-12(3,4)8-6-2/h9,17H,5-8H2,1-4H3,(H2,13,15)(H,14,16). The SMILES string of the molecule is CCCC(C(=O)NC(C)(C)CCC)C(N)=NO. The van der Waals surface area contributed by atoms with E-state index in [1.165, 1.54) is 0 Å². The van der Waals surface area contributed by atoms with Crippen molar-refractivity contribution in [3.63, 3.8) is 0 Å². The number of carbonyl (C=O) groups is 1. The summed E-state index contributed by atoms with van der Waals surface area (Å²) in [6.45, 7) is 7.98. The first-order valence-corrected chi connectivity index (χ1v) is 6.17. The third-order valence-corrected chi connectivity index (χ3v) is 2.70. The third-order valence-electron chi connectivity index (χ3n) is 2.70. The molecule has 0 saturated carbocycles. The second-order valence-electron chi connectivity index (χ2n) is 4.99. The van der Waals surface area contributed by atoms with Crippen LogP contribution in [0.4, 0.5) is 0 Å². The number of hydrogen-bond donors (Lipinski definition) is 3. The highest BCUT2D eigenvalue weighted by molar-refractivity contribution is 6.02. The lowest BCUT2D eigenvalue weighted by Gasteiger charge is -2.28. The maximum atomic E-state index is 12.0. The normalized spacial score (nSPS) is 14.5. The maximum absolute atomic E-state index is 12.0. The number of hydrogen-bond acceptors (Lipinski definition) is 3. The molecule has 1 amide bonds. The summed E-state index contributed by atoms with van der Waals surface area (Å²) in [5.41, 5.74) is 5.28. The van der Waals surface area contributed by atoms with Gasteiger partial charge in [-0.25, -0.2) is 0 Å². The Balaban J connectivity index is 4.63. The molecule has 0 spiro atoms. The van der Waals surface area contributed by atoms with E-state index in [0.717, 1.165) is 19.3 Å². The minimum atomic E-state index is -0.541. The smallest absolute Gasteiger partial charge is 0.231 e. The molecule has 0 heterocycles. The molecule has 1 atom stereocenters. The van der Waals surface area contributed by atoms with E-state index in [1.807, 2.05) is 20.8 Å². The summed E-state index contributed by atoms with van der Waals surface area (Å²) in [6.07, 6.45) is 3.29. The molecule has 17 heavy (non-hydrogen) atoms. The Kier molecular flexibility index (Phi) is 6.61. The van der Waals surface area contributed by atoms with E-state index in [2.05, 4.69) is 17.4 Å². The predicted octanol–water partition coefficient (Wildman–Crippen LogP) is 1.84. The van der Waals surface area contributed by atoms with Crippen molar-refractivity contribution in [1.82, 2.24) is 5.32 Å². The summed E-state index contributed by atoms with van der Waals surface area (Å²) in [7, 11) is 0. The Morgan fingerprint density at radius 2 is 2.00 bits per heavy atom. The number of carbonyl (C=O) groups excluding carboxylic acids is 1. The van der Waals surface area contributed by atoms with E-state index in [-0.39, 0.29) is 17.3 Å². The molecule has 0 fully saturated rings. The number of nitrogens with zero attached hydrogens (tertiary/aromatic N) is 1. The van der Waals surface area contributed by atoms with Crippen LogP contribution in [0.1, 0.15) is 53.4 Å². The Hall–Kier alpha value is -1.26. The molecule has 0 aliphatic carbocycles. The second-order valence-corrected chi connectivity index (χ2v) is 4.99. The number of rotatable bonds is 7. The van der Waals surface area contributed by atoms with Crippen molar-refractivity contribution in [2.24, 2.45) is 16.8 Å². The van der Waals surface area contributed by atoms with Gasteiger partial charge in [0, 0.05) is 5.54 Å². The van der Waals surface area contributed by atoms with Gasteiger partial charge in [0.1, 0.15) is 0 Å². The molecular formula is C12H25N3O2. The molecule has 0 aromatic heterocycles. The van der Waals surface area contributed by atoms with Gasteiger partial charge >= 0.3 is 0 Å². The van der Waals surface area contributed by atoms with Crippen molar-refractivity contribution in [2.75, 3.05) is 0 Å². The average molecular weight is 243 g/mol. The topological polar surface area (TPSA) is 87.7 Å². The van der Waals surface area contributed by atoms with Gasteiger partial charge in [0.25, 0.3) is 0 Å². The highest BCUT2D eigenvalue weighted by Gasteiger charge is 2.27. The largest absolute Gasteiger partial charge is 0.409 e. The number of oxime groups is 1. The lowest BCUT2D eigenvalue weighted by atomic mass is 9.95. The van der Waals surface area contributed by atoms with E-state index in [9.17, 15) is 4.79 Å². The molecule has 5 nitrogen and oxygen atoms in total. The molecule has 0 aliphatic rings. The van der Waals surface area contributed by atoms with Crippen LogP contribution >= 0.6 is 0 Å². The van der Waals surface area contributed by atoms with Crippen LogP contribution in [0, 0.1) is 5.92 Å². The Bertz CT molecular complexity index is 275. The van der Waals surface area contributed by atoms with Crippen molar-refractivity contribution < 1.29 is 10.0 Å². The van der Waals surface area contributed by atoms with Crippen LogP contribution in [0.15, 0.2) is 5.16 Å². The van der Waals surface area contributed by atoms with Gasteiger partial charge in [-0.2, -0.15) is 0 Å². The molecule has 4 N–H and O–H groups in total. The van der Waals surface area contributed by atoms with Crippen molar-refractivity contribution in [3.8, 4) is 0 Å². The van der Waals surface area contributed by atoms with E-state index < -0.39 is 5.92 Å². The average Bonchev–Trinajstić information content (AvgIpc) is 2.23. The monoisotopic (exact) mass is 243 g/mol. The molecule has 5 heteroatoms. The molecule has 1 unspecified atom stereocenters. The van der Waals surface area contributed by atoms with Crippen LogP contribution < -0.4 is 11.1 Å². The molecule has 100 valence electrons. The van der Waals surface area contributed by atoms with E-state index in [4.69, 9.17) is 10.9 Å². The third kappa shape index (κ3) is 5.56. The molecule has 0 aromatic carbocycles. The zero-order valence-electron chi connectivity index (χ0n) is 11.3. The van der Waals surface area contributed by atoms with Gasteiger partial charge < -0.3 is 16.3 Å². The zero-order valence-corrected chi connectivity index (χ0v) is 11.3. The van der Waals surface area contributed by atoms with Crippen LogP contribution in [0.2, 0.25) is 0 Å². The zero-order chi connectivity index (χ0) is 13.5.